The number of halogens is 1. The third-order valence-electron chi connectivity index (χ3n) is 4.60. The molecule has 7 heteroatoms. The Labute approximate surface area is 176 Å². The van der Waals surface area contributed by atoms with Crippen LogP contribution in [0.15, 0.2) is 28.6 Å². The van der Waals surface area contributed by atoms with Crippen LogP contribution >= 0.6 is 35.3 Å². The Morgan fingerprint density at radius 1 is 1.23 bits per heavy atom. The van der Waals surface area contributed by atoms with E-state index in [2.05, 4.69) is 45.7 Å². The molecule has 0 amide bonds. The molecule has 2 heterocycles. The van der Waals surface area contributed by atoms with Gasteiger partial charge in [-0.1, -0.05) is 0 Å². The summed E-state index contributed by atoms with van der Waals surface area (Å²) in [6.07, 6.45) is 0.967. The van der Waals surface area contributed by atoms with Gasteiger partial charge in [0.25, 0.3) is 0 Å². The van der Waals surface area contributed by atoms with Crippen LogP contribution in [0.3, 0.4) is 0 Å². The zero-order valence-corrected chi connectivity index (χ0v) is 18.8. The van der Waals surface area contributed by atoms with Crippen LogP contribution in [0.2, 0.25) is 0 Å². The highest BCUT2D eigenvalue weighted by molar-refractivity contribution is 14.0. The molecular weight excluding hydrogens is 461 g/mol. The summed E-state index contributed by atoms with van der Waals surface area (Å²) in [5.41, 5.74) is 3.91. The Kier molecular flexibility index (Phi) is 7.57. The Morgan fingerprint density at radius 2 is 1.92 bits per heavy atom. The molecule has 5 nitrogen and oxygen atoms in total. The number of aryl methyl sites for hydroxylation is 1. The zero-order chi connectivity index (χ0) is 17.8. The van der Waals surface area contributed by atoms with Crippen LogP contribution in [0.4, 0.5) is 0 Å². The Morgan fingerprint density at radius 3 is 2.50 bits per heavy atom. The van der Waals surface area contributed by atoms with Gasteiger partial charge in [-0.2, -0.15) is 0 Å². The molecule has 0 fully saturated rings. The largest absolute Gasteiger partial charge is 0.493 e. The predicted octanol–water partition coefficient (Wildman–Crippen LogP) is 3.83. The first-order valence-electron chi connectivity index (χ1n) is 8.38. The molecule has 3 rings (SSSR count). The molecule has 26 heavy (non-hydrogen) atoms. The van der Waals surface area contributed by atoms with E-state index in [0.29, 0.717) is 0 Å². The van der Waals surface area contributed by atoms with Crippen molar-refractivity contribution >= 4 is 41.3 Å². The van der Waals surface area contributed by atoms with Gasteiger partial charge in [0.05, 0.1) is 20.8 Å². The van der Waals surface area contributed by atoms with Crippen molar-refractivity contribution in [1.82, 2.24) is 10.2 Å². The van der Waals surface area contributed by atoms with Crippen LogP contribution in [0.5, 0.6) is 11.5 Å². The van der Waals surface area contributed by atoms with E-state index in [9.17, 15) is 0 Å². The molecule has 1 aromatic carbocycles. The highest BCUT2D eigenvalue weighted by Crippen LogP contribution is 2.33. The lowest BCUT2D eigenvalue weighted by molar-refractivity contribution is 0.346. The quantitative estimate of drug-likeness (QED) is 0.405. The minimum Gasteiger partial charge on any atom is -0.493 e. The number of hydrogen-bond acceptors (Lipinski definition) is 4. The van der Waals surface area contributed by atoms with Gasteiger partial charge in [0.1, 0.15) is 0 Å². The molecule has 1 aliphatic rings. The summed E-state index contributed by atoms with van der Waals surface area (Å²) in [6, 6.07) is 6.33. The average Bonchev–Trinajstić information content (AvgIpc) is 3.05. The molecule has 0 bridgehead atoms. The molecule has 1 aliphatic heterocycles. The summed E-state index contributed by atoms with van der Waals surface area (Å²) < 4.78 is 10.9. The highest BCUT2D eigenvalue weighted by atomic mass is 127. The predicted molar refractivity (Wildman–Crippen MR) is 118 cm³/mol. The number of benzene rings is 1. The highest BCUT2D eigenvalue weighted by Gasteiger charge is 2.21. The van der Waals surface area contributed by atoms with Crippen LogP contribution in [0.1, 0.15) is 21.6 Å². The Bertz CT molecular complexity index is 776. The fourth-order valence-corrected chi connectivity index (χ4v) is 3.99. The lowest BCUT2D eigenvalue weighted by atomic mass is 9.99. The molecule has 0 saturated heterocycles. The second-order valence-corrected chi connectivity index (χ2v) is 7.08. The van der Waals surface area contributed by atoms with Crippen molar-refractivity contribution in [3.8, 4) is 11.5 Å². The fourth-order valence-electron chi connectivity index (χ4n) is 3.14. The van der Waals surface area contributed by atoms with Crippen molar-refractivity contribution in [1.29, 1.82) is 0 Å². The molecule has 0 atom stereocenters. The first kappa shape index (κ1) is 20.8. The number of nitrogens with zero attached hydrogens (tertiary/aromatic N) is 2. The van der Waals surface area contributed by atoms with E-state index in [1.165, 1.54) is 21.6 Å². The molecule has 142 valence electrons. The van der Waals surface area contributed by atoms with Crippen molar-refractivity contribution < 1.29 is 9.47 Å². The van der Waals surface area contributed by atoms with Crippen LogP contribution in [-0.2, 0) is 19.5 Å². The maximum atomic E-state index is 5.45. The van der Waals surface area contributed by atoms with Gasteiger partial charge >= 0.3 is 0 Å². The number of methoxy groups -OCH3 is 2. The molecule has 1 aromatic heterocycles. The molecule has 2 aromatic rings. The van der Waals surface area contributed by atoms with Gasteiger partial charge < -0.3 is 19.7 Å². The van der Waals surface area contributed by atoms with Gasteiger partial charge in [-0.05, 0) is 53.6 Å². The smallest absolute Gasteiger partial charge is 0.194 e. The Balaban J connectivity index is 0.00000243. The molecule has 0 saturated carbocycles. The molecule has 0 spiro atoms. The number of aliphatic imine (C=N–C) groups is 1. The maximum absolute atomic E-state index is 5.45. The van der Waals surface area contributed by atoms with Gasteiger partial charge in [-0.15, -0.1) is 35.3 Å². The third kappa shape index (κ3) is 4.43. The topological polar surface area (TPSA) is 46.1 Å². The number of thiophene rings is 1. The van der Waals surface area contributed by atoms with E-state index in [0.717, 1.165) is 43.5 Å². The van der Waals surface area contributed by atoms with Crippen molar-refractivity contribution in [2.24, 2.45) is 4.99 Å². The fraction of sp³-hybridized carbons (Fsp3) is 0.421. The van der Waals surface area contributed by atoms with Gasteiger partial charge in [0.2, 0.25) is 0 Å². The second kappa shape index (κ2) is 9.45. The van der Waals surface area contributed by atoms with Crippen molar-refractivity contribution in [2.75, 3.05) is 27.8 Å². The number of guanidine groups is 1. The van der Waals surface area contributed by atoms with Crippen molar-refractivity contribution in [3.63, 3.8) is 0 Å². The summed E-state index contributed by atoms with van der Waals surface area (Å²) in [7, 11) is 5.19. The number of fused-ring (bicyclic) bond motifs is 1. The lowest BCUT2D eigenvalue weighted by Gasteiger charge is -2.32. The average molecular weight is 487 g/mol. The van der Waals surface area contributed by atoms with Gasteiger partial charge in [0, 0.05) is 25.0 Å². The first-order chi connectivity index (χ1) is 12.2. The van der Waals surface area contributed by atoms with Crippen LogP contribution in [-0.4, -0.2) is 38.7 Å². The summed E-state index contributed by atoms with van der Waals surface area (Å²) in [6.45, 7) is 4.71. The number of nitrogens with one attached hydrogen (secondary N) is 1. The van der Waals surface area contributed by atoms with Crippen LogP contribution in [0.25, 0.3) is 0 Å². The summed E-state index contributed by atoms with van der Waals surface area (Å²) >= 11 is 1.78. The summed E-state index contributed by atoms with van der Waals surface area (Å²) in [5, 5.41) is 5.63. The third-order valence-corrected chi connectivity index (χ3v) is 5.63. The normalized spacial score (nSPS) is 13.7. The van der Waals surface area contributed by atoms with E-state index in [-0.39, 0.29) is 24.0 Å². The zero-order valence-electron chi connectivity index (χ0n) is 15.7. The second-order valence-electron chi connectivity index (χ2n) is 6.08. The molecule has 0 radical (unpaired) electrons. The standard InChI is InChI=1S/C19H25N3O2S.HI/c1-13-6-8-25-18(13)11-21-19(20-2)22-7-5-14-9-16(23-3)17(24-4)10-15(14)12-22;/h6,8-10H,5,7,11-12H2,1-4H3,(H,20,21);1H. The van der Waals surface area contributed by atoms with Gasteiger partial charge in [-0.25, -0.2) is 0 Å². The molecule has 0 unspecified atom stereocenters. The number of ether oxygens (including phenoxy) is 2. The number of hydrogen-bond donors (Lipinski definition) is 1. The van der Waals surface area contributed by atoms with Crippen LogP contribution < -0.4 is 14.8 Å². The SMILES string of the molecule is CN=C(NCc1sccc1C)N1CCc2cc(OC)c(OC)cc2C1.I. The number of rotatable bonds is 4. The van der Waals surface area contributed by atoms with Crippen molar-refractivity contribution in [2.45, 2.75) is 26.4 Å². The van der Waals surface area contributed by atoms with Crippen molar-refractivity contribution in [3.05, 3.63) is 45.1 Å². The van der Waals surface area contributed by atoms with E-state index < -0.39 is 0 Å². The minimum atomic E-state index is 0. The lowest BCUT2D eigenvalue weighted by Crippen LogP contribution is -2.43. The molecule has 1 N–H and O–H groups in total. The monoisotopic (exact) mass is 487 g/mol. The minimum absolute atomic E-state index is 0. The Hall–Kier alpha value is -1.48. The van der Waals surface area contributed by atoms with E-state index in [4.69, 9.17) is 9.47 Å². The van der Waals surface area contributed by atoms with E-state index in [1.54, 1.807) is 25.6 Å². The maximum Gasteiger partial charge on any atom is 0.194 e. The molecule has 0 aliphatic carbocycles. The van der Waals surface area contributed by atoms with E-state index >= 15 is 0 Å². The summed E-state index contributed by atoms with van der Waals surface area (Å²) in [4.78, 5) is 8.11. The van der Waals surface area contributed by atoms with Gasteiger partial charge in [-0.3, -0.25) is 4.99 Å². The first-order valence-corrected chi connectivity index (χ1v) is 9.26. The van der Waals surface area contributed by atoms with Gasteiger partial charge in [0.15, 0.2) is 17.5 Å². The summed E-state index contributed by atoms with van der Waals surface area (Å²) in [5.74, 6) is 2.51. The van der Waals surface area contributed by atoms with Crippen LogP contribution in [0, 0.1) is 6.92 Å². The molecular formula is C19H26IN3O2S. The van der Waals surface area contributed by atoms with E-state index in [1.807, 2.05) is 7.05 Å².